The average molecular weight is 541 g/mol. The number of fused-ring (bicyclic) bond motifs is 7. The molecule has 0 aliphatic heterocycles. The number of carbonyl (C=O) groups is 3. The van der Waals surface area contributed by atoms with E-state index in [9.17, 15) is 14.4 Å². The van der Waals surface area contributed by atoms with Crippen LogP contribution >= 0.6 is 0 Å². The summed E-state index contributed by atoms with van der Waals surface area (Å²) in [6.45, 7) is 18.0. The summed E-state index contributed by atoms with van der Waals surface area (Å²) in [5.74, 6) is 0.619. The molecular formula is C34H52O5. The number of allylic oxidation sites excluding steroid dienone is 2. The molecule has 0 heterocycles. The summed E-state index contributed by atoms with van der Waals surface area (Å²) >= 11 is 0. The molecule has 39 heavy (non-hydrogen) atoms. The van der Waals surface area contributed by atoms with Crippen LogP contribution in [0.3, 0.4) is 0 Å². The maximum Gasteiger partial charge on any atom is 0.306 e. The zero-order chi connectivity index (χ0) is 28.8. The van der Waals surface area contributed by atoms with Crippen LogP contribution in [0.25, 0.3) is 0 Å². The summed E-state index contributed by atoms with van der Waals surface area (Å²) in [6.07, 6.45) is 11.7. The quantitative estimate of drug-likeness (QED) is 0.348. The van der Waals surface area contributed by atoms with Crippen molar-refractivity contribution < 1.29 is 23.9 Å². The average Bonchev–Trinajstić information content (AvgIpc) is 2.83. The van der Waals surface area contributed by atoms with E-state index >= 15 is 0 Å². The van der Waals surface area contributed by atoms with Crippen molar-refractivity contribution in [1.29, 1.82) is 0 Å². The summed E-state index contributed by atoms with van der Waals surface area (Å²) in [7, 11) is 1.48. The molecule has 0 unspecified atom stereocenters. The van der Waals surface area contributed by atoms with Gasteiger partial charge in [0.15, 0.2) is 5.78 Å². The van der Waals surface area contributed by atoms with Crippen molar-refractivity contribution in [3.05, 3.63) is 11.6 Å². The lowest BCUT2D eigenvalue weighted by molar-refractivity contribution is -0.210. The van der Waals surface area contributed by atoms with Crippen LogP contribution in [0.2, 0.25) is 0 Å². The Morgan fingerprint density at radius 1 is 0.923 bits per heavy atom. The zero-order valence-corrected chi connectivity index (χ0v) is 26.0. The van der Waals surface area contributed by atoms with Gasteiger partial charge in [0.2, 0.25) is 0 Å². The minimum Gasteiger partial charge on any atom is -0.469 e. The maximum atomic E-state index is 14.5. The molecule has 0 spiro atoms. The van der Waals surface area contributed by atoms with Gasteiger partial charge in [-0.1, -0.05) is 54.0 Å². The molecule has 5 nitrogen and oxygen atoms in total. The number of hydrogen-bond acceptors (Lipinski definition) is 5. The normalized spacial score (nSPS) is 48.4. The van der Waals surface area contributed by atoms with Crippen LogP contribution < -0.4 is 0 Å². The number of carbonyl (C=O) groups excluding carboxylic acids is 3. The highest BCUT2D eigenvalue weighted by molar-refractivity contribution is 5.95. The fourth-order valence-electron chi connectivity index (χ4n) is 11.2. The lowest BCUT2D eigenvalue weighted by Gasteiger charge is -2.70. The van der Waals surface area contributed by atoms with Crippen LogP contribution in [0.5, 0.6) is 0 Å². The van der Waals surface area contributed by atoms with E-state index in [0.717, 1.165) is 51.4 Å². The van der Waals surface area contributed by atoms with E-state index in [4.69, 9.17) is 9.47 Å². The molecule has 0 N–H and O–H groups in total. The van der Waals surface area contributed by atoms with E-state index in [1.54, 1.807) is 0 Å². The van der Waals surface area contributed by atoms with E-state index in [-0.39, 0.29) is 56.5 Å². The first-order chi connectivity index (χ1) is 18.0. The third-order valence-corrected chi connectivity index (χ3v) is 13.7. The van der Waals surface area contributed by atoms with Gasteiger partial charge in [0.05, 0.1) is 13.5 Å². The molecule has 0 aromatic heterocycles. The van der Waals surface area contributed by atoms with E-state index < -0.39 is 0 Å². The van der Waals surface area contributed by atoms with Crippen LogP contribution in [-0.4, -0.2) is 30.9 Å². The van der Waals surface area contributed by atoms with Gasteiger partial charge < -0.3 is 9.47 Å². The predicted molar refractivity (Wildman–Crippen MR) is 152 cm³/mol. The van der Waals surface area contributed by atoms with Crippen LogP contribution in [0.4, 0.5) is 0 Å². The van der Waals surface area contributed by atoms with Crippen LogP contribution in [0.1, 0.15) is 120 Å². The molecule has 5 aliphatic rings. The zero-order valence-electron chi connectivity index (χ0n) is 26.0. The minimum atomic E-state index is -0.205. The monoisotopic (exact) mass is 540 g/mol. The van der Waals surface area contributed by atoms with E-state index in [2.05, 4.69) is 54.5 Å². The Hall–Kier alpha value is -1.65. The number of esters is 2. The molecule has 4 fully saturated rings. The lowest BCUT2D eigenvalue weighted by atomic mass is 9.33. The van der Waals surface area contributed by atoms with Gasteiger partial charge in [0, 0.05) is 18.3 Å². The van der Waals surface area contributed by atoms with Crippen molar-refractivity contribution in [2.45, 2.75) is 126 Å². The fraction of sp³-hybridized carbons (Fsp3) is 0.853. The third kappa shape index (κ3) is 4.02. The number of hydrogen-bond donors (Lipinski definition) is 0. The summed E-state index contributed by atoms with van der Waals surface area (Å²) < 4.78 is 10.9. The second-order valence-corrected chi connectivity index (χ2v) is 16.2. The van der Waals surface area contributed by atoms with Crippen LogP contribution in [0, 0.1) is 50.2 Å². The van der Waals surface area contributed by atoms with Gasteiger partial charge in [-0.05, 0) is 103 Å². The molecule has 0 saturated heterocycles. The Morgan fingerprint density at radius 3 is 2.23 bits per heavy atom. The minimum absolute atomic E-state index is 0.0237. The van der Waals surface area contributed by atoms with Crippen molar-refractivity contribution in [3.63, 3.8) is 0 Å². The van der Waals surface area contributed by atoms with Gasteiger partial charge in [-0.25, -0.2) is 0 Å². The van der Waals surface area contributed by atoms with Gasteiger partial charge in [-0.15, -0.1) is 0 Å². The molecule has 4 saturated carbocycles. The summed E-state index contributed by atoms with van der Waals surface area (Å²) in [5, 5.41) is 0. The first-order valence-electron chi connectivity index (χ1n) is 15.5. The highest BCUT2D eigenvalue weighted by Gasteiger charge is 2.70. The molecule has 0 amide bonds. The molecule has 5 aliphatic carbocycles. The highest BCUT2D eigenvalue weighted by Crippen LogP contribution is 2.75. The first kappa shape index (κ1) is 28.9. The number of ketones is 1. The second-order valence-electron chi connectivity index (χ2n) is 16.2. The van der Waals surface area contributed by atoms with E-state index in [1.807, 2.05) is 0 Å². The number of rotatable bonds is 3. The topological polar surface area (TPSA) is 69.7 Å². The summed E-state index contributed by atoms with van der Waals surface area (Å²) in [5.41, 5.74) is 1.02. The molecule has 0 bridgehead atoms. The molecule has 218 valence electrons. The third-order valence-electron chi connectivity index (χ3n) is 13.7. The van der Waals surface area contributed by atoms with E-state index in [1.165, 1.54) is 26.0 Å². The maximum absolute atomic E-state index is 14.5. The highest BCUT2D eigenvalue weighted by atomic mass is 16.5. The van der Waals surface area contributed by atoms with Crippen molar-refractivity contribution in [1.82, 2.24) is 0 Å². The van der Waals surface area contributed by atoms with Gasteiger partial charge in [-0.2, -0.15) is 0 Å². The van der Waals surface area contributed by atoms with Gasteiger partial charge in [0.1, 0.15) is 6.10 Å². The lowest BCUT2D eigenvalue weighted by Crippen LogP contribution is -2.66. The Bertz CT molecular complexity index is 1100. The smallest absolute Gasteiger partial charge is 0.306 e. The van der Waals surface area contributed by atoms with Gasteiger partial charge in [0.25, 0.3) is 0 Å². The summed E-state index contributed by atoms with van der Waals surface area (Å²) in [6, 6.07) is 0. The van der Waals surface area contributed by atoms with Crippen molar-refractivity contribution in [3.8, 4) is 0 Å². The molecule has 9 atom stereocenters. The Labute approximate surface area is 236 Å². The van der Waals surface area contributed by atoms with Crippen molar-refractivity contribution >= 4 is 17.7 Å². The standard InChI is InChI=1S/C34H52O5/c1-21(35)39-26-11-12-32(6)25(29(26,2)3)10-13-34(8)28(32)24(36)18-22-23-19-30(4,20-27(37)38-9)14-15-31(23,5)16-17-33(22,34)7/h18,23,25-26,28H,10-17,19-20H2,1-9H3/t23-,25-,26-,28+,30-,31+,32-,33+,34+/m0/s1. The second kappa shape index (κ2) is 8.92. The Balaban J connectivity index is 1.54. The van der Waals surface area contributed by atoms with Crippen molar-refractivity contribution in [2.75, 3.05) is 7.11 Å². The first-order valence-corrected chi connectivity index (χ1v) is 15.5. The largest absolute Gasteiger partial charge is 0.469 e. The molecule has 5 rings (SSSR count). The van der Waals surface area contributed by atoms with Crippen molar-refractivity contribution in [2.24, 2.45) is 50.2 Å². The SMILES string of the molecule is COC(=O)C[C@@]1(C)CC[C@]2(C)CC[C@]3(C)C(=CC(=O)[C@@H]4[C@@]5(C)CC[C@H](OC(C)=O)C(C)(C)[C@@H]5CC[C@]43C)[C@@H]2C1. The Morgan fingerprint density at radius 2 is 1.59 bits per heavy atom. The predicted octanol–water partition coefficient (Wildman–Crippen LogP) is 7.46. The van der Waals surface area contributed by atoms with Crippen LogP contribution in [-0.2, 0) is 23.9 Å². The fourth-order valence-corrected chi connectivity index (χ4v) is 11.2. The molecule has 0 aromatic carbocycles. The molecule has 0 radical (unpaired) electrons. The van der Waals surface area contributed by atoms with Gasteiger partial charge in [-0.3, -0.25) is 14.4 Å². The van der Waals surface area contributed by atoms with E-state index in [0.29, 0.717) is 24.0 Å². The van der Waals surface area contributed by atoms with Gasteiger partial charge >= 0.3 is 11.9 Å². The summed E-state index contributed by atoms with van der Waals surface area (Å²) in [4.78, 5) is 38.8. The number of ether oxygens (including phenoxy) is 2. The molecular weight excluding hydrogens is 488 g/mol. The number of methoxy groups -OCH3 is 1. The molecule has 5 heteroatoms. The van der Waals surface area contributed by atoms with Crippen LogP contribution in [0.15, 0.2) is 11.6 Å². The molecule has 0 aromatic rings. The Kier molecular flexibility index (Phi) is 6.60.